The van der Waals surface area contributed by atoms with Gasteiger partial charge in [-0.1, -0.05) is 27.7 Å². The zero-order valence-electron chi connectivity index (χ0n) is 15.0. The van der Waals surface area contributed by atoms with Gasteiger partial charge in [-0.2, -0.15) is 0 Å². The van der Waals surface area contributed by atoms with Crippen LogP contribution < -0.4 is 5.73 Å². The van der Waals surface area contributed by atoms with Crippen LogP contribution in [0.4, 0.5) is 0 Å². The third-order valence-electron chi connectivity index (χ3n) is 4.16. The van der Waals surface area contributed by atoms with Gasteiger partial charge in [0.25, 0.3) is 0 Å². The van der Waals surface area contributed by atoms with Gasteiger partial charge in [0.05, 0.1) is 0 Å². The van der Waals surface area contributed by atoms with Crippen LogP contribution in [0.1, 0.15) is 72.6 Å². The minimum Gasteiger partial charge on any atom is -0.462 e. The Bertz CT molecular complexity index is 373. The molecule has 0 saturated heterocycles. The molecule has 0 bridgehead atoms. The van der Waals surface area contributed by atoms with Gasteiger partial charge in [0, 0.05) is 6.42 Å². The minimum atomic E-state index is -0.540. The predicted molar refractivity (Wildman–Crippen MR) is 89.7 cm³/mol. The van der Waals surface area contributed by atoms with E-state index in [4.69, 9.17) is 15.2 Å². The molecule has 0 aliphatic heterocycles. The maximum atomic E-state index is 11.9. The van der Waals surface area contributed by atoms with Crippen molar-refractivity contribution < 1.29 is 19.1 Å². The first kappa shape index (κ1) is 19.9. The molecule has 5 nitrogen and oxygen atoms in total. The largest absolute Gasteiger partial charge is 0.462 e. The fourth-order valence-corrected chi connectivity index (χ4v) is 2.78. The van der Waals surface area contributed by atoms with Crippen molar-refractivity contribution in [2.45, 2.75) is 90.9 Å². The lowest BCUT2D eigenvalue weighted by Gasteiger charge is -2.29. The van der Waals surface area contributed by atoms with Gasteiger partial charge in [0.15, 0.2) is 0 Å². The Morgan fingerprint density at radius 1 is 0.957 bits per heavy atom. The molecule has 0 aromatic heterocycles. The summed E-state index contributed by atoms with van der Waals surface area (Å²) in [6.45, 7) is 8.26. The summed E-state index contributed by atoms with van der Waals surface area (Å²) in [5.74, 6) is 0.459. The first-order valence-corrected chi connectivity index (χ1v) is 8.93. The number of hydrogen-bond donors (Lipinski definition) is 1. The van der Waals surface area contributed by atoms with Crippen LogP contribution in [0.5, 0.6) is 0 Å². The lowest BCUT2D eigenvalue weighted by Crippen LogP contribution is -2.37. The molecule has 0 spiro atoms. The number of nitrogens with two attached hydrogens (primary N) is 1. The molecule has 0 amide bonds. The fraction of sp³-hybridized carbons (Fsp3) is 0.889. The lowest BCUT2D eigenvalue weighted by molar-refractivity contribution is -0.159. The SMILES string of the molecule is CC(C)CCC(=O)OC1CCC(OC(=O)C(N)CC(C)C)CC1. The number of hydrogen-bond acceptors (Lipinski definition) is 5. The van der Waals surface area contributed by atoms with Gasteiger partial charge in [-0.05, 0) is 50.4 Å². The summed E-state index contributed by atoms with van der Waals surface area (Å²) in [7, 11) is 0. The summed E-state index contributed by atoms with van der Waals surface area (Å²) in [4.78, 5) is 23.7. The average molecular weight is 327 g/mol. The van der Waals surface area contributed by atoms with E-state index >= 15 is 0 Å². The summed E-state index contributed by atoms with van der Waals surface area (Å²) in [5.41, 5.74) is 5.84. The highest BCUT2D eigenvalue weighted by Crippen LogP contribution is 2.24. The predicted octanol–water partition coefficient (Wildman–Crippen LogP) is 3.19. The Balaban J connectivity index is 2.24. The van der Waals surface area contributed by atoms with Gasteiger partial charge < -0.3 is 15.2 Å². The molecular formula is C18H33NO4. The van der Waals surface area contributed by atoms with E-state index in [2.05, 4.69) is 13.8 Å². The van der Waals surface area contributed by atoms with E-state index in [1.165, 1.54) is 0 Å². The zero-order valence-corrected chi connectivity index (χ0v) is 15.0. The first-order valence-electron chi connectivity index (χ1n) is 8.93. The third-order valence-corrected chi connectivity index (χ3v) is 4.16. The van der Waals surface area contributed by atoms with Crippen molar-refractivity contribution in [3.8, 4) is 0 Å². The molecule has 2 N–H and O–H groups in total. The van der Waals surface area contributed by atoms with Gasteiger partial charge in [0.2, 0.25) is 0 Å². The van der Waals surface area contributed by atoms with E-state index in [1.54, 1.807) is 0 Å². The van der Waals surface area contributed by atoms with E-state index in [-0.39, 0.29) is 24.1 Å². The Morgan fingerprint density at radius 2 is 1.48 bits per heavy atom. The molecule has 1 aliphatic rings. The van der Waals surface area contributed by atoms with Crippen molar-refractivity contribution in [3.05, 3.63) is 0 Å². The molecule has 1 atom stereocenters. The van der Waals surface area contributed by atoms with Crippen molar-refractivity contribution in [1.29, 1.82) is 0 Å². The van der Waals surface area contributed by atoms with Gasteiger partial charge >= 0.3 is 11.9 Å². The van der Waals surface area contributed by atoms with Gasteiger partial charge in [0.1, 0.15) is 18.2 Å². The van der Waals surface area contributed by atoms with E-state index in [0.717, 1.165) is 32.1 Å². The minimum absolute atomic E-state index is 0.0334. The van der Waals surface area contributed by atoms with Crippen LogP contribution in [0, 0.1) is 11.8 Å². The van der Waals surface area contributed by atoms with E-state index < -0.39 is 6.04 Å². The second-order valence-corrected chi connectivity index (χ2v) is 7.49. The monoisotopic (exact) mass is 327 g/mol. The number of ether oxygens (including phenoxy) is 2. The second kappa shape index (κ2) is 9.91. The topological polar surface area (TPSA) is 78.6 Å². The Kier molecular flexibility index (Phi) is 8.59. The van der Waals surface area contributed by atoms with Crippen molar-refractivity contribution in [1.82, 2.24) is 0 Å². The Morgan fingerprint density at radius 3 is 1.96 bits per heavy atom. The van der Waals surface area contributed by atoms with Gasteiger partial charge in [-0.15, -0.1) is 0 Å². The summed E-state index contributed by atoms with van der Waals surface area (Å²) in [5, 5.41) is 0. The number of carbonyl (C=O) groups excluding carboxylic acids is 2. The van der Waals surface area contributed by atoms with Crippen molar-refractivity contribution in [2.24, 2.45) is 17.6 Å². The smallest absolute Gasteiger partial charge is 0.323 e. The Hall–Kier alpha value is -1.10. The summed E-state index contributed by atoms with van der Waals surface area (Å²) in [6, 6.07) is -0.540. The standard InChI is InChI=1S/C18H33NO4/c1-12(2)5-10-17(20)22-14-6-8-15(9-7-14)23-18(21)16(19)11-13(3)4/h12-16H,5-11,19H2,1-4H3. The first-order chi connectivity index (χ1) is 10.8. The molecule has 0 aromatic carbocycles. The fourth-order valence-electron chi connectivity index (χ4n) is 2.78. The van der Waals surface area contributed by atoms with E-state index in [1.807, 2.05) is 13.8 Å². The molecule has 0 aromatic rings. The molecule has 1 rings (SSSR count). The van der Waals surface area contributed by atoms with Gasteiger partial charge in [-0.3, -0.25) is 9.59 Å². The highest BCUT2D eigenvalue weighted by atomic mass is 16.6. The molecule has 1 fully saturated rings. The lowest BCUT2D eigenvalue weighted by atomic mass is 9.94. The maximum absolute atomic E-state index is 11.9. The van der Waals surface area contributed by atoms with Crippen LogP contribution in [0.25, 0.3) is 0 Å². The summed E-state index contributed by atoms with van der Waals surface area (Å²) < 4.78 is 11.0. The number of rotatable bonds is 8. The molecule has 0 radical (unpaired) electrons. The van der Waals surface area contributed by atoms with Crippen LogP contribution in [-0.2, 0) is 19.1 Å². The zero-order chi connectivity index (χ0) is 17.4. The molecule has 1 unspecified atom stereocenters. The Labute approximate surface area is 140 Å². The normalized spacial score (nSPS) is 22.9. The van der Waals surface area contributed by atoms with Crippen molar-refractivity contribution >= 4 is 11.9 Å². The second-order valence-electron chi connectivity index (χ2n) is 7.49. The molecular weight excluding hydrogens is 294 g/mol. The highest BCUT2D eigenvalue weighted by molar-refractivity contribution is 5.75. The molecule has 1 aliphatic carbocycles. The molecule has 5 heteroatoms. The van der Waals surface area contributed by atoms with Crippen LogP contribution in [0.15, 0.2) is 0 Å². The quantitative estimate of drug-likeness (QED) is 0.693. The molecule has 1 saturated carbocycles. The molecule has 134 valence electrons. The summed E-state index contributed by atoms with van der Waals surface area (Å²) in [6.07, 6.45) is 4.85. The van der Waals surface area contributed by atoms with Crippen LogP contribution >= 0.6 is 0 Å². The van der Waals surface area contributed by atoms with E-state index in [9.17, 15) is 9.59 Å². The molecule has 0 heterocycles. The van der Waals surface area contributed by atoms with E-state index in [0.29, 0.717) is 24.7 Å². The van der Waals surface area contributed by atoms with Crippen LogP contribution in [0.2, 0.25) is 0 Å². The molecule has 23 heavy (non-hydrogen) atoms. The van der Waals surface area contributed by atoms with Crippen molar-refractivity contribution in [3.63, 3.8) is 0 Å². The average Bonchev–Trinajstić information content (AvgIpc) is 2.46. The van der Waals surface area contributed by atoms with Crippen molar-refractivity contribution in [2.75, 3.05) is 0 Å². The number of esters is 2. The third kappa shape index (κ3) is 8.35. The highest BCUT2D eigenvalue weighted by Gasteiger charge is 2.28. The number of carbonyl (C=O) groups is 2. The maximum Gasteiger partial charge on any atom is 0.323 e. The summed E-state index contributed by atoms with van der Waals surface area (Å²) >= 11 is 0. The van der Waals surface area contributed by atoms with Crippen LogP contribution in [-0.4, -0.2) is 30.2 Å². The van der Waals surface area contributed by atoms with Crippen LogP contribution in [0.3, 0.4) is 0 Å². The van der Waals surface area contributed by atoms with Gasteiger partial charge in [-0.25, -0.2) is 0 Å².